The molecule has 4 nitrogen and oxygen atoms in total. The second kappa shape index (κ2) is 8.33. The number of aromatic amines is 1. The molecular formula is C32H42N4. The standard InChI is InChI=1S/C32H42N4/c1-13-14(2)26-22(10)28-17(5)18(6)30(35-28)24(12)32-20(8)19(7)31(36-32)23(11)29-16(4)15(3)27(34-29)21(9)25(13)33-26/h21,24-25,30,33-34H,1-12H3. The van der Waals surface area contributed by atoms with Gasteiger partial charge in [-0.25, -0.2) is 0 Å². The summed E-state index contributed by atoms with van der Waals surface area (Å²) in [5.74, 6) is 0.522. The second-order valence-electron chi connectivity index (χ2n) is 11.6. The highest BCUT2D eigenvalue weighted by Crippen LogP contribution is 2.42. The molecule has 0 saturated carbocycles. The van der Waals surface area contributed by atoms with Crippen molar-refractivity contribution in [2.45, 2.75) is 101 Å². The summed E-state index contributed by atoms with van der Waals surface area (Å²) in [6, 6.07) is 0.370. The molecular weight excluding hydrogens is 440 g/mol. The molecule has 1 aromatic rings. The molecule has 0 amide bonds. The highest BCUT2D eigenvalue weighted by molar-refractivity contribution is 6.15. The Bertz CT molecular complexity index is 1430. The molecule has 0 aromatic carbocycles. The zero-order chi connectivity index (χ0) is 26.4. The Balaban J connectivity index is 1.81. The summed E-state index contributed by atoms with van der Waals surface area (Å²) in [7, 11) is 0. The van der Waals surface area contributed by atoms with Crippen LogP contribution in [0.2, 0.25) is 0 Å². The molecule has 4 aliphatic rings. The second-order valence-corrected chi connectivity index (χ2v) is 11.6. The van der Waals surface area contributed by atoms with Crippen LogP contribution in [0.1, 0.15) is 97.7 Å². The summed E-state index contributed by atoms with van der Waals surface area (Å²) in [6.07, 6.45) is 0. The maximum absolute atomic E-state index is 5.37. The van der Waals surface area contributed by atoms with Crippen molar-refractivity contribution in [1.82, 2.24) is 10.3 Å². The zero-order valence-electron chi connectivity index (χ0n) is 24.2. The van der Waals surface area contributed by atoms with Crippen LogP contribution in [0.3, 0.4) is 0 Å². The number of hydrogen-bond donors (Lipinski definition) is 2. The normalized spacial score (nSPS) is 28.6. The molecule has 1 aromatic heterocycles. The molecule has 0 saturated heterocycles. The molecule has 0 radical (unpaired) electrons. The molecule has 36 heavy (non-hydrogen) atoms. The van der Waals surface area contributed by atoms with E-state index in [0.29, 0.717) is 5.92 Å². The van der Waals surface area contributed by atoms with Crippen LogP contribution in [0.15, 0.2) is 60.4 Å². The minimum absolute atomic E-state index is 0.118. The predicted molar refractivity (Wildman–Crippen MR) is 154 cm³/mol. The lowest BCUT2D eigenvalue weighted by molar-refractivity contribution is 0.563. The summed E-state index contributed by atoms with van der Waals surface area (Å²) < 4.78 is 0. The van der Waals surface area contributed by atoms with Crippen LogP contribution in [0, 0.1) is 19.8 Å². The van der Waals surface area contributed by atoms with Gasteiger partial charge in [-0.15, -0.1) is 0 Å². The lowest BCUT2D eigenvalue weighted by Crippen LogP contribution is -2.30. The van der Waals surface area contributed by atoms with Gasteiger partial charge in [0.15, 0.2) is 0 Å². The van der Waals surface area contributed by atoms with Crippen LogP contribution in [0.25, 0.3) is 5.57 Å². The Morgan fingerprint density at radius 2 is 1.31 bits per heavy atom. The summed E-state index contributed by atoms with van der Waals surface area (Å²) in [5.41, 5.74) is 20.5. The fraction of sp³-hybridized carbons (Fsp3) is 0.500. The van der Waals surface area contributed by atoms with Crippen molar-refractivity contribution in [3.8, 4) is 0 Å². The van der Waals surface area contributed by atoms with Crippen LogP contribution in [-0.4, -0.2) is 28.5 Å². The van der Waals surface area contributed by atoms with E-state index < -0.39 is 0 Å². The minimum atomic E-state index is 0.118. The van der Waals surface area contributed by atoms with E-state index in [1.54, 1.807) is 0 Å². The van der Waals surface area contributed by atoms with Gasteiger partial charge in [0.05, 0.1) is 23.5 Å². The monoisotopic (exact) mass is 482 g/mol. The van der Waals surface area contributed by atoms with Crippen molar-refractivity contribution < 1.29 is 0 Å². The Labute approximate surface area is 217 Å². The van der Waals surface area contributed by atoms with Gasteiger partial charge < -0.3 is 10.3 Å². The number of fused-ring (bicyclic) bond motifs is 6. The number of allylic oxidation sites excluding steroid dienone is 6. The fourth-order valence-electron chi connectivity index (χ4n) is 6.86. The summed E-state index contributed by atoms with van der Waals surface area (Å²) in [5, 5.41) is 3.94. The van der Waals surface area contributed by atoms with Gasteiger partial charge in [0, 0.05) is 34.6 Å². The van der Waals surface area contributed by atoms with Crippen molar-refractivity contribution >= 4 is 17.0 Å². The largest absolute Gasteiger partial charge is 0.377 e. The lowest BCUT2D eigenvalue weighted by Gasteiger charge is -2.23. The van der Waals surface area contributed by atoms with E-state index in [9.17, 15) is 0 Å². The number of aliphatic imine (C=N–C) groups is 2. The molecule has 4 atom stereocenters. The number of nitrogens with one attached hydrogen (secondary N) is 2. The first kappa shape index (κ1) is 24.8. The average Bonchev–Trinajstić information content (AvgIpc) is 3.52. The van der Waals surface area contributed by atoms with Crippen LogP contribution < -0.4 is 5.32 Å². The molecule has 5 heterocycles. The third-order valence-electron chi connectivity index (χ3n) is 9.85. The summed E-state index contributed by atoms with van der Waals surface area (Å²) in [6.45, 7) is 27.2. The summed E-state index contributed by atoms with van der Waals surface area (Å²) >= 11 is 0. The lowest BCUT2D eigenvalue weighted by atomic mass is 9.87. The molecule has 190 valence electrons. The van der Waals surface area contributed by atoms with Gasteiger partial charge in [-0.1, -0.05) is 13.8 Å². The van der Waals surface area contributed by atoms with E-state index in [1.165, 1.54) is 78.5 Å². The van der Waals surface area contributed by atoms with Gasteiger partial charge in [0.25, 0.3) is 0 Å². The Hall–Kier alpha value is -2.88. The van der Waals surface area contributed by atoms with Crippen LogP contribution in [0.4, 0.5) is 0 Å². The molecule has 4 aliphatic heterocycles. The molecule has 0 aliphatic carbocycles. The van der Waals surface area contributed by atoms with Gasteiger partial charge in [-0.2, -0.15) is 0 Å². The minimum Gasteiger partial charge on any atom is -0.377 e. The van der Waals surface area contributed by atoms with Crippen LogP contribution in [0.5, 0.6) is 0 Å². The highest BCUT2D eigenvalue weighted by Gasteiger charge is 2.37. The third-order valence-corrected chi connectivity index (χ3v) is 9.85. The van der Waals surface area contributed by atoms with Crippen molar-refractivity contribution in [2.75, 3.05) is 0 Å². The van der Waals surface area contributed by atoms with E-state index in [-0.39, 0.29) is 18.0 Å². The molecule has 0 spiro atoms. The molecule has 0 fully saturated rings. The van der Waals surface area contributed by atoms with E-state index >= 15 is 0 Å². The van der Waals surface area contributed by atoms with Crippen molar-refractivity contribution in [3.05, 3.63) is 72.9 Å². The predicted octanol–water partition coefficient (Wildman–Crippen LogP) is 7.65. The van der Waals surface area contributed by atoms with Crippen LogP contribution in [-0.2, 0) is 0 Å². The quantitative estimate of drug-likeness (QED) is 0.392. The van der Waals surface area contributed by atoms with Crippen molar-refractivity contribution in [1.29, 1.82) is 0 Å². The van der Waals surface area contributed by atoms with Gasteiger partial charge in [0.2, 0.25) is 0 Å². The molecule has 2 N–H and O–H groups in total. The van der Waals surface area contributed by atoms with E-state index in [0.717, 1.165) is 11.4 Å². The molecule has 4 heteroatoms. The number of aromatic nitrogens is 1. The van der Waals surface area contributed by atoms with E-state index in [4.69, 9.17) is 9.98 Å². The SMILES string of the molecule is CC1=C(C)C2=C(C)c3[nH]c(c(C)c3C)C(C)C3NC(=C(C)C4=NC(C(C)=C4C)C(C)C1=N2)C(C)=C3C. The maximum Gasteiger partial charge on any atom is 0.0801 e. The van der Waals surface area contributed by atoms with Gasteiger partial charge in [0.1, 0.15) is 0 Å². The number of nitrogens with zero attached hydrogens (tertiary/aromatic N) is 2. The third kappa shape index (κ3) is 3.26. The number of rotatable bonds is 0. The topological polar surface area (TPSA) is 52.5 Å². The Morgan fingerprint density at radius 3 is 1.97 bits per heavy atom. The van der Waals surface area contributed by atoms with Crippen LogP contribution >= 0.6 is 0 Å². The Kier molecular flexibility index (Phi) is 5.74. The number of hydrogen-bond acceptors (Lipinski definition) is 3. The molecule has 5 rings (SSSR count). The average molecular weight is 483 g/mol. The maximum atomic E-state index is 5.37. The number of H-pyrrole nitrogens is 1. The first-order valence-corrected chi connectivity index (χ1v) is 13.4. The van der Waals surface area contributed by atoms with E-state index in [2.05, 4.69) is 93.4 Å². The van der Waals surface area contributed by atoms with Crippen molar-refractivity contribution in [3.63, 3.8) is 0 Å². The van der Waals surface area contributed by atoms with Gasteiger partial charge in [-0.3, -0.25) is 9.98 Å². The van der Waals surface area contributed by atoms with E-state index in [1.807, 2.05) is 0 Å². The smallest absolute Gasteiger partial charge is 0.0801 e. The molecule has 8 bridgehead atoms. The van der Waals surface area contributed by atoms with Gasteiger partial charge in [-0.05, 0) is 125 Å². The van der Waals surface area contributed by atoms with Gasteiger partial charge >= 0.3 is 0 Å². The Morgan fingerprint density at radius 1 is 0.639 bits per heavy atom. The zero-order valence-corrected chi connectivity index (χ0v) is 24.2. The molecule has 4 unspecified atom stereocenters. The summed E-state index contributed by atoms with van der Waals surface area (Å²) in [4.78, 5) is 14.5. The fourth-order valence-corrected chi connectivity index (χ4v) is 6.86. The highest BCUT2D eigenvalue weighted by atomic mass is 15.0. The first-order chi connectivity index (χ1) is 16.9. The first-order valence-electron chi connectivity index (χ1n) is 13.4. The van der Waals surface area contributed by atoms with Crippen molar-refractivity contribution in [2.24, 2.45) is 15.9 Å².